The van der Waals surface area contributed by atoms with Gasteiger partial charge in [0.1, 0.15) is 5.75 Å². The van der Waals surface area contributed by atoms with Gasteiger partial charge in [-0.05, 0) is 62.4 Å². The highest BCUT2D eigenvalue weighted by Crippen LogP contribution is 2.51. The van der Waals surface area contributed by atoms with Crippen LogP contribution in [0, 0.1) is 5.41 Å². The van der Waals surface area contributed by atoms with Gasteiger partial charge in [0.25, 0.3) is 5.91 Å². The number of benzene rings is 2. The molecule has 2 aliphatic rings. The molecule has 0 aliphatic carbocycles. The van der Waals surface area contributed by atoms with Crippen molar-refractivity contribution in [3.8, 4) is 5.75 Å². The minimum atomic E-state index is -0.231. The van der Waals surface area contributed by atoms with Crippen LogP contribution < -0.4 is 4.74 Å². The molecule has 0 unspecified atom stereocenters. The van der Waals surface area contributed by atoms with E-state index in [1.807, 2.05) is 49.4 Å². The summed E-state index contributed by atoms with van der Waals surface area (Å²) in [7, 11) is 0. The van der Waals surface area contributed by atoms with Gasteiger partial charge >= 0.3 is 0 Å². The summed E-state index contributed by atoms with van der Waals surface area (Å²) in [5, 5.41) is 10.3. The number of rotatable bonds is 6. The van der Waals surface area contributed by atoms with Crippen molar-refractivity contribution in [2.24, 2.45) is 5.41 Å². The zero-order chi connectivity index (χ0) is 18.9. The van der Waals surface area contributed by atoms with E-state index in [0.29, 0.717) is 12.2 Å². The third-order valence-corrected chi connectivity index (χ3v) is 6.21. The van der Waals surface area contributed by atoms with Gasteiger partial charge in [0.05, 0.1) is 13.2 Å². The maximum absolute atomic E-state index is 13.2. The second-order valence-corrected chi connectivity index (χ2v) is 7.80. The molecule has 2 fully saturated rings. The molecule has 27 heavy (non-hydrogen) atoms. The molecule has 2 saturated heterocycles. The fourth-order valence-corrected chi connectivity index (χ4v) is 5.02. The molecule has 0 spiro atoms. The molecule has 142 valence electrons. The van der Waals surface area contributed by atoms with Crippen LogP contribution in [0.1, 0.15) is 42.1 Å². The van der Waals surface area contributed by atoms with Gasteiger partial charge in [-0.3, -0.25) is 4.79 Å². The zero-order valence-electron chi connectivity index (χ0n) is 15.8. The van der Waals surface area contributed by atoms with Gasteiger partial charge in [0, 0.05) is 23.1 Å². The highest BCUT2D eigenvalue weighted by atomic mass is 16.5. The highest BCUT2D eigenvalue weighted by molar-refractivity contribution is 5.95. The number of carbonyl (C=O) groups excluding carboxylic acids is 1. The average molecular weight is 365 g/mol. The largest absolute Gasteiger partial charge is 0.494 e. The molecule has 2 aromatic carbocycles. The van der Waals surface area contributed by atoms with Crippen LogP contribution in [0.25, 0.3) is 0 Å². The number of hydrogen-bond donors (Lipinski definition) is 1. The molecule has 1 N–H and O–H groups in total. The molecule has 4 rings (SSSR count). The molecular formula is C23H27NO3. The van der Waals surface area contributed by atoms with Gasteiger partial charge in [-0.2, -0.15) is 0 Å². The molecule has 4 nitrogen and oxygen atoms in total. The lowest BCUT2D eigenvalue weighted by molar-refractivity contribution is 0.0571. The summed E-state index contributed by atoms with van der Waals surface area (Å²) in [4.78, 5) is 15.3. The fraction of sp³-hybridized carbons (Fsp3) is 0.435. The maximum atomic E-state index is 13.2. The highest BCUT2D eigenvalue weighted by Gasteiger charge is 2.57. The van der Waals surface area contributed by atoms with Gasteiger partial charge in [-0.1, -0.05) is 30.3 Å². The van der Waals surface area contributed by atoms with Crippen LogP contribution in [0.3, 0.4) is 0 Å². The van der Waals surface area contributed by atoms with Crippen LogP contribution >= 0.6 is 0 Å². The number of aliphatic hydroxyl groups is 1. The molecule has 3 atom stereocenters. The van der Waals surface area contributed by atoms with Gasteiger partial charge in [-0.25, -0.2) is 0 Å². The quantitative estimate of drug-likeness (QED) is 0.849. The maximum Gasteiger partial charge on any atom is 0.254 e. The van der Waals surface area contributed by atoms with Crippen molar-refractivity contribution in [3.05, 3.63) is 65.7 Å². The average Bonchev–Trinajstić information content (AvgIpc) is 3.25. The first-order valence-corrected chi connectivity index (χ1v) is 9.87. The third-order valence-electron chi connectivity index (χ3n) is 6.21. The minimum Gasteiger partial charge on any atom is -0.494 e. The lowest BCUT2D eigenvalue weighted by atomic mass is 9.70. The first-order chi connectivity index (χ1) is 13.2. The second kappa shape index (κ2) is 7.35. The van der Waals surface area contributed by atoms with E-state index in [1.54, 1.807) is 0 Å². The Morgan fingerprint density at radius 2 is 1.89 bits per heavy atom. The number of fused-ring (bicyclic) bond motifs is 2. The Morgan fingerprint density at radius 1 is 1.15 bits per heavy atom. The number of aliphatic hydroxyl groups excluding tert-OH is 1. The first-order valence-electron chi connectivity index (χ1n) is 9.87. The Labute approximate surface area is 160 Å². The van der Waals surface area contributed by atoms with Crippen molar-refractivity contribution in [2.45, 2.75) is 44.7 Å². The Kier molecular flexibility index (Phi) is 4.92. The lowest BCUT2D eigenvalue weighted by Crippen LogP contribution is -2.43. The van der Waals surface area contributed by atoms with Crippen LogP contribution in [0.2, 0.25) is 0 Å². The Morgan fingerprint density at radius 3 is 2.56 bits per heavy atom. The van der Waals surface area contributed by atoms with E-state index >= 15 is 0 Å². The summed E-state index contributed by atoms with van der Waals surface area (Å²) in [6.07, 6.45) is 3.70. The van der Waals surface area contributed by atoms with E-state index in [-0.39, 0.29) is 30.0 Å². The molecule has 4 heteroatoms. The summed E-state index contributed by atoms with van der Waals surface area (Å²) in [6.45, 7) is 2.68. The van der Waals surface area contributed by atoms with Gasteiger partial charge < -0.3 is 14.7 Å². The van der Waals surface area contributed by atoms with E-state index in [0.717, 1.165) is 31.4 Å². The van der Waals surface area contributed by atoms with E-state index in [9.17, 15) is 9.90 Å². The number of carbonyl (C=O) groups is 1. The molecule has 0 saturated carbocycles. The number of amides is 1. The molecule has 2 aliphatic heterocycles. The van der Waals surface area contributed by atoms with Gasteiger partial charge in [0.2, 0.25) is 0 Å². The van der Waals surface area contributed by atoms with Crippen molar-refractivity contribution < 1.29 is 14.6 Å². The summed E-state index contributed by atoms with van der Waals surface area (Å²) in [6, 6.07) is 18.1. The number of nitrogens with zero attached hydrogens (tertiary/aromatic N) is 1. The van der Waals surface area contributed by atoms with E-state index in [2.05, 4.69) is 17.0 Å². The predicted octanol–water partition coefficient (Wildman–Crippen LogP) is 3.68. The van der Waals surface area contributed by atoms with Crippen molar-refractivity contribution in [3.63, 3.8) is 0 Å². The van der Waals surface area contributed by atoms with Crippen molar-refractivity contribution in [1.29, 1.82) is 0 Å². The predicted molar refractivity (Wildman–Crippen MR) is 105 cm³/mol. The summed E-state index contributed by atoms with van der Waals surface area (Å²) >= 11 is 0. The number of ether oxygens (including phenoxy) is 1. The topological polar surface area (TPSA) is 49.8 Å². The van der Waals surface area contributed by atoms with Crippen LogP contribution in [0.15, 0.2) is 54.6 Å². The first kappa shape index (κ1) is 18.1. The third kappa shape index (κ3) is 3.23. The van der Waals surface area contributed by atoms with E-state index in [1.165, 1.54) is 5.56 Å². The minimum absolute atomic E-state index is 0.0777. The SMILES string of the molecule is CCOc1ccc(C(=O)N2[C@H]3CC[C@@H]2[C@@](CO)(Cc2ccccc2)C3)cc1. The molecule has 0 aromatic heterocycles. The summed E-state index contributed by atoms with van der Waals surface area (Å²) in [5.41, 5.74) is 1.70. The normalized spacial score (nSPS) is 26.4. The van der Waals surface area contributed by atoms with E-state index in [4.69, 9.17) is 4.74 Å². The Hall–Kier alpha value is -2.33. The smallest absolute Gasteiger partial charge is 0.254 e. The van der Waals surface area contributed by atoms with Gasteiger partial charge in [-0.15, -0.1) is 0 Å². The van der Waals surface area contributed by atoms with Crippen LogP contribution in [0.4, 0.5) is 0 Å². The second-order valence-electron chi connectivity index (χ2n) is 7.80. The molecule has 1 amide bonds. The van der Waals surface area contributed by atoms with Crippen LogP contribution in [-0.4, -0.2) is 41.2 Å². The molecule has 2 heterocycles. The molecular weight excluding hydrogens is 338 g/mol. The van der Waals surface area contributed by atoms with E-state index < -0.39 is 0 Å². The lowest BCUT2D eigenvalue weighted by Gasteiger charge is -2.36. The van der Waals surface area contributed by atoms with Crippen molar-refractivity contribution >= 4 is 5.91 Å². The zero-order valence-corrected chi connectivity index (χ0v) is 15.8. The van der Waals surface area contributed by atoms with Crippen LogP contribution in [0.5, 0.6) is 5.75 Å². The van der Waals surface area contributed by atoms with Crippen LogP contribution in [-0.2, 0) is 6.42 Å². The fourth-order valence-electron chi connectivity index (χ4n) is 5.02. The standard InChI is InChI=1S/C23H27NO3/c1-2-27-20-11-8-18(9-12-20)22(26)24-19-10-13-21(24)23(15-19,16-25)14-17-6-4-3-5-7-17/h3-9,11-12,19,21,25H,2,10,13-16H2,1H3/t19-,21+,23-/m0/s1. The van der Waals surface area contributed by atoms with Gasteiger partial charge in [0.15, 0.2) is 0 Å². The molecule has 0 radical (unpaired) electrons. The Bertz CT molecular complexity index is 789. The Balaban J connectivity index is 1.56. The van der Waals surface area contributed by atoms with Crippen molar-refractivity contribution in [2.75, 3.05) is 13.2 Å². The number of hydrogen-bond acceptors (Lipinski definition) is 3. The monoisotopic (exact) mass is 365 g/mol. The molecule has 2 bridgehead atoms. The van der Waals surface area contributed by atoms with Crippen molar-refractivity contribution in [1.82, 2.24) is 4.90 Å². The molecule has 2 aromatic rings. The summed E-state index contributed by atoms with van der Waals surface area (Å²) < 4.78 is 5.48. The summed E-state index contributed by atoms with van der Waals surface area (Å²) in [5.74, 6) is 0.862.